The molecule has 0 saturated heterocycles. The Balaban J connectivity index is 2.12. The van der Waals surface area contributed by atoms with Gasteiger partial charge in [-0.05, 0) is 45.0 Å². The van der Waals surface area contributed by atoms with Gasteiger partial charge in [0.05, 0.1) is 5.56 Å². The molecule has 2 aromatic rings. The standard InChI is InChI=1S/C15H15F2NO3/c1-8-9(2)20-10(3)13(8)14(19)18-11-4-6-12(7-5-11)21-15(16)17/h4-7,15H,1-3H3,(H,18,19). The van der Waals surface area contributed by atoms with Gasteiger partial charge in [0.2, 0.25) is 0 Å². The lowest BCUT2D eigenvalue weighted by Crippen LogP contribution is -2.13. The van der Waals surface area contributed by atoms with Gasteiger partial charge in [-0.15, -0.1) is 0 Å². The lowest BCUT2D eigenvalue weighted by Gasteiger charge is -2.07. The highest BCUT2D eigenvalue weighted by Gasteiger charge is 2.18. The Labute approximate surface area is 120 Å². The maximum absolute atomic E-state index is 12.2. The van der Waals surface area contributed by atoms with Crippen molar-refractivity contribution in [3.63, 3.8) is 0 Å². The Bertz CT molecular complexity index is 648. The molecule has 0 saturated carbocycles. The molecule has 1 aromatic carbocycles. The number of halogens is 2. The van der Waals surface area contributed by atoms with Gasteiger partial charge in [0.25, 0.3) is 5.91 Å². The summed E-state index contributed by atoms with van der Waals surface area (Å²) in [4.78, 5) is 12.2. The predicted molar refractivity (Wildman–Crippen MR) is 73.9 cm³/mol. The first kappa shape index (κ1) is 15.0. The Morgan fingerprint density at radius 3 is 2.24 bits per heavy atom. The van der Waals surface area contributed by atoms with E-state index >= 15 is 0 Å². The van der Waals surface area contributed by atoms with Crippen LogP contribution in [0.3, 0.4) is 0 Å². The van der Waals surface area contributed by atoms with E-state index in [1.807, 2.05) is 0 Å². The smallest absolute Gasteiger partial charge is 0.387 e. The minimum absolute atomic E-state index is 0.0366. The summed E-state index contributed by atoms with van der Waals surface area (Å²) >= 11 is 0. The number of carbonyl (C=O) groups is 1. The van der Waals surface area contributed by atoms with E-state index in [0.717, 1.165) is 5.56 Å². The van der Waals surface area contributed by atoms with Crippen molar-refractivity contribution in [2.75, 3.05) is 5.32 Å². The molecule has 21 heavy (non-hydrogen) atoms. The summed E-state index contributed by atoms with van der Waals surface area (Å²) < 4.78 is 33.7. The SMILES string of the molecule is Cc1oc(C)c(C(=O)Nc2ccc(OC(F)F)cc2)c1C. The molecule has 1 aromatic heterocycles. The average Bonchev–Trinajstić information content (AvgIpc) is 2.65. The van der Waals surface area contributed by atoms with Crippen LogP contribution in [0, 0.1) is 20.8 Å². The number of ether oxygens (including phenoxy) is 1. The minimum atomic E-state index is -2.87. The van der Waals surface area contributed by atoms with Gasteiger partial charge < -0.3 is 14.5 Å². The van der Waals surface area contributed by atoms with Crippen LogP contribution in [0.15, 0.2) is 28.7 Å². The first-order chi connectivity index (χ1) is 9.88. The second kappa shape index (κ2) is 5.95. The number of amides is 1. The first-order valence-electron chi connectivity index (χ1n) is 6.31. The highest BCUT2D eigenvalue weighted by Crippen LogP contribution is 2.23. The molecule has 6 heteroatoms. The molecule has 0 aliphatic heterocycles. The Kier molecular flexibility index (Phi) is 4.26. The molecule has 112 valence electrons. The Morgan fingerprint density at radius 1 is 1.14 bits per heavy atom. The number of anilines is 1. The van der Waals surface area contributed by atoms with E-state index in [2.05, 4.69) is 10.1 Å². The van der Waals surface area contributed by atoms with Crippen molar-refractivity contribution in [2.24, 2.45) is 0 Å². The van der Waals surface area contributed by atoms with Crippen LogP contribution >= 0.6 is 0 Å². The quantitative estimate of drug-likeness (QED) is 0.925. The number of nitrogens with one attached hydrogen (secondary N) is 1. The van der Waals surface area contributed by atoms with Crippen molar-refractivity contribution in [3.8, 4) is 5.75 Å². The summed E-state index contributed by atoms with van der Waals surface area (Å²) in [5.74, 6) is 0.970. The van der Waals surface area contributed by atoms with E-state index in [9.17, 15) is 13.6 Å². The lowest BCUT2D eigenvalue weighted by molar-refractivity contribution is -0.0498. The van der Waals surface area contributed by atoms with Crippen molar-refractivity contribution in [1.29, 1.82) is 0 Å². The molecule has 0 fully saturated rings. The molecule has 0 radical (unpaired) electrons. The summed E-state index contributed by atoms with van der Waals surface area (Å²) in [5.41, 5.74) is 1.75. The van der Waals surface area contributed by atoms with E-state index in [1.165, 1.54) is 24.3 Å². The van der Waals surface area contributed by atoms with Crippen molar-refractivity contribution < 1.29 is 22.7 Å². The van der Waals surface area contributed by atoms with Gasteiger partial charge in [-0.2, -0.15) is 8.78 Å². The van der Waals surface area contributed by atoms with Gasteiger partial charge in [-0.25, -0.2) is 0 Å². The normalized spacial score (nSPS) is 10.8. The van der Waals surface area contributed by atoms with Crippen molar-refractivity contribution >= 4 is 11.6 Å². The summed E-state index contributed by atoms with van der Waals surface area (Å²) in [6, 6.07) is 5.71. The predicted octanol–water partition coefficient (Wildman–Crippen LogP) is 4.06. The van der Waals surface area contributed by atoms with Gasteiger partial charge in [0.15, 0.2) is 0 Å². The third kappa shape index (κ3) is 3.39. The number of carbonyl (C=O) groups excluding carboxylic acids is 1. The molecule has 2 rings (SSSR count). The fourth-order valence-corrected chi connectivity index (χ4v) is 2.04. The zero-order valence-corrected chi connectivity index (χ0v) is 11.9. The molecular formula is C15H15F2NO3. The largest absolute Gasteiger partial charge is 0.466 e. The molecule has 1 heterocycles. The lowest BCUT2D eigenvalue weighted by atomic mass is 10.1. The summed E-state index contributed by atoms with van der Waals surface area (Å²) in [6.07, 6.45) is 0. The van der Waals surface area contributed by atoms with Crippen LogP contribution in [0.1, 0.15) is 27.4 Å². The molecule has 0 aliphatic rings. The zero-order chi connectivity index (χ0) is 15.6. The number of aryl methyl sites for hydroxylation is 2. The van der Waals surface area contributed by atoms with Crippen molar-refractivity contribution in [3.05, 3.63) is 46.9 Å². The highest BCUT2D eigenvalue weighted by atomic mass is 19.3. The molecule has 0 spiro atoms. The Hall–Kier alpha value is -2.37. The first-order valence-corrected chi connectivity index (χ1v) is 6.31. The number of hydrogen-bond donors (Lipinski definition) is 1. The van der Waals surface area contributed by atoms with Crippen LogP contribution in [0.25, 0.3) is 0 Å². The summed E-state index contributed by atoms with van der Waals surface area (Å²) in [5, 5.41) is 2.69. The topological polar surface area (TPSA) is 51.5 Å². The van der Waals surface area contributed by atoms with E-state index in [4.69, 9.17) is 4.42 Å². The Morgan fingerprint density at radius 2 is 1.76 bits per heavy atom. The molecule has 4 nitrogen and oxygen atoms in total. The van der Waals surface area contributed by atoms with Crippen LogP contribution in [0.2, 0.25) is 0 Å². The van der Waals surface area contributed by atoms with Gasteiger partial charge in [-0.3, -0.25) is 4.79 Å². The van der Waals surface area contributed by atoms with E-state index < -0.39 is 6.61 Å². The maximum atomic E-state index is 12.2. The number of furan rings is 1. The van der Waals surface area contributed by atoms with Crippen LogP contribution in [0.5, 0.6) is 5.75 Å². The number of benzene rings is 1. The fourth-order valence-electron chi connectivity index (χ4n) is 2.04. The van der Waals surface area contributed by atoms with Crippen LogP contribution in [-0.2, 0) is 0 Å². The molecule has 1 amide bonds. The molecule has 0 bridgehead atoms. The van der Waals surface area contributed by atoms with Gasteiger partial charge in [0, 0.05) is 11.3 Å². The van der Waals surface area contributed by atoms with Gasteiger partial charge >= 0.3 is 6.61 Å². The molecule has 0 aliphatic carbocycles. The number of hydrogen-bond acceptors (Lipinski definition) is 3. The third-order valence-electron chi connectivity index (χ3n) is 3.13. The van der Waals surface area contributed by atoms with Crippen LogP contribution < -0.4 is 10.1 Å². The molecule has 0 atom stereocenters. The molecule has 0 unspecified atom stereocenters. The van der Waals surface area contributed by atoms with Gasteiger partial charge in [-0.1, -0.05) is 0 Å². The van der Waals surface area contributed by atoms with Crippen LogP contribution in [-0.4, -0.2) is 12.5 Å². The molecular weight excluding hydrogens is 280 g/mol. The van der Waals surface area contributed by atoms with Crippen molar-refractivity contribution in [2.45, 2.75) is 27.4 Å². The minimum Gasteiger partial charge on any atom is -0.466 e. The average molecular weight is 295 g/mol. The van der Waals surface area contributed by atoms with E-state index in [1.54, 1.807) is 20.8 Å². The second-order valence-electron chi connectivity index (χ2n) is 4.57. The number of alkyl halides is 2. The molecule has 1 N–H and O–H groups in total. The fraction of sp³-hybridized carbons (Fsp3) is 0.267. The number of rotatable bonds is 4. The highest BCUT2D eigenvalue weighted by molar-refractivity contribution is 6.06. The van der Waals surface area contributed by atoms with E-state index in [-0.39, 0.29) is 11.7 Å². The second-order valence-corrected chi connectivity index (χ2v) is 4.57. The van der Waals surface area contributed by atoms with Crippen LogP contribution in [0.4, 0.5) is 14.5 Å². The maximum Gasteiger partial charge on any atom is 0.387 e. The summed E-state index contributed by atoms with van der Waals surface area (Å²) in [6.45, 7) is 2.44. The van der Waals surface area contributed by atoms with Crippen molar-refractivity contribution in [1.82, 2.24) is 0 Å². The monoisotopic (exact) mass is 295 g/mol. The zero-order valence-electron chi connectivity index (χ0n) is 11.9. The van der Waals surface area contributed by atoms with E-state index in [0.29, 0.717) is 22.8 Å². The summed E-state index contributed by atoms with van der Waals surface area (Å²) in [7, 11) is 0. The van der Waals surface area contributed by atoms with Gasteiger partial charge in [0.1, 0.15) is 17.3 Å². The third-order valence-corrected chi connectivity index (χ3v) is 3.13.